The molecule has 0 fully saturated rings. The Labute approximate surface area is 190 Å². The summed E-state index contributed by atoms with van der Waals surface area (Å²) >= 11 is 0. The molecular formula is C23H25N7O3. The maximum Gasteiger partial charge on any atom is 0.306 e. The van der Waals surface area contributed by atoms with E-state index in [0.717, 1.165) is 11.3 Å². The Kier molecular flexibility index (Phi) is 6.16. The standard InChI is InChI=1S/C23H25N7O3/c1-5-33-21(32)9-8-20(31)27-19-11-16(4)28-30(19)23-18-12-26-29(22(18)24-13-25-23)17-7-6-14(2)15(3)10-17/h6-7,10-13H,5,8-9H2,1-4H3,(H,27,31). The fourth-order valence-corrected chi connectivity index (χ4v) is 3.45. The summed E-state index contributed by atoms with van der Waals surface area (Å²) in [7, 11) is 0. The highest BCUT2D eigenvalue weighted by Gasteiger charge is 2.18. The average Bonchev–Trinajstić information content (AvgIpc) is 3.37. The minimum absolute atomic E-state index is 0.00690. The number of hydrogen-bond acceptors (Lipinski definition) is 7. The monoisotopic (exact) mass is 447 g/mol. The molecule has 0 aliphatic rings. The third kappa shape index (κ3) is 4.59. The maximum absolute atomic E-state index is 12.4. The first-order chi connectivity index (χ1) is 15.9. The summed E-state index contributed by atoms with van der Waals surface area (Å²) in [6.45, 7) is 7.94. The number of carbonyl (C=O) groups is 2. The van der Waals surface area contributed by atoms with Crippen molar-refractivity contribution in [3.63, 3.8) is 0 Å². The van der Waals surface area contributed by atoms with Crippen molar-refractivity contribution >= 4 is 28.7 Å². The fraction of sp³-hybridized carbons (Fsp3) is 0.304. The third-order valence-corrected chi connectivity index (χ3v) is 5.24. The summed E-state index contributed by atoms with van der Waals surface area (Å²) < 4.78 is 8.18. The quantitative estimate of drug-likeness (QED) is 0.432. The van der Waals surface area contributed by atoms with Crippen LogP contribution in [0.25, 0.3) is 22.5 Å². The molecule has 1 N–H and O–H groups in total. The lowest BCUT2D eigenvalue weighted by molar-refractivity contribution is -0.144. The second-order valence-corrected chi connectivity index (χ2v) is 7.70. The molecule has 170 valence electrons. The first-order valence-electron chi connectivity index (χ1n) is 10.7. The van der Waals surface area contributed by atoms with Gasteiger partial charge in [0.15, 0.2) is 11.5 Å². The molecule has 0 aliphatic carbocycles. The Morgan fingerprint density at radius 2 is 1.85 bits per heavy atom. The van der Waals surface area contributed by atoms with E-state index in [1.165, 1.54) is 11.9 Å². The van der Waals surface area contributed by atoms with Gasteiger partial charge in [0.25, 0.3) is 0 Å². The van der Waals surface area contributed by atoms with Gasteiger partial charge >= 0.3 is 5.97 Å². The number of anilines is 1. The zero-order valence-corrected chi connectivity index (χ0v) is 19.0. The molecular weight excluding hydrogens is 422 g/mol. The van der Waals surface area contributed by atoms with Crippen LogP contribution in [0.15, 0.2) is 36.8 Å². The molecule has 4 aromatic rings. The molecule has 3 heterocycles. The van der Waals surface area contributed by atoms with Gasteiger partial charge in [0.1, 0.15) is 12.1 Å². The number of aryl methyl sites for hydroxylation is 3. The number of nitrogens with zero attached hydrogens (tertiary/aromatic N) is 6. The number of nitrogens with one attached hydrogen (secondary N) is 1. The SMILES string of the molecule is CCOC(=O)CCC(=O)Nc1cc(C)nn1-c1ncnc2c1cnn2-c1ccc(C)c(C)c1. The molecule has 0 aliphatic heterocycles. The number of rotatable bonds is 7. The van der Waals surface area contributed by atoms with Gasteiger partial charge in [-0.2, -0.15) is 14.9 Å². The van der Waals surface area contributed by atoms with Crippen molar-refractivity contribution in [3.8, 4) is 11.5 Å². The van der Waals surface area contributed by atoms with Crippen LogP contribution in [0.2, 0.25) is 0 Å². The molecule has 0 radical (unpaired) electrons. The highest BCUT2D eigenvalue weighted by atomic mass is 16.5. The van der Waals surface area contributed by atoms with Crippen LogP contribution in [0.5, 0.6) is 0 Å². The van der Waals surface area contributed by atoms with E-state index in [2.05, 4.69) is 38.5 Å². The van der Waals surface area contributed by atoms with Crippen molar-refractivity contribution in [2.45, 2.75) is 40.5 Å². The van der Waals surface area contributed by atoms with Crippen LogP contribution in [0.1, 0.15) is 36.6 Å². The summed E-state index contributed by atoms with van der Waals surface area (Å²) in [6.07, 6.45) is 3.14. The van der Waals surface area contributed by atoms with Crippen molar-refractivity contribution in [1.29, 1.82) is 0 Å². The number of benzene rings is 1. The number of aromatic nitrogens is 6. The largest absolute Gasteiger partial charge is 0.466 e. The third-order valence-electron chi connectivity index (χ3n) is 5.24. The fourth-order valence-electron chi connectivity index (χ4n) is 3.45. The summed E-state index contributed by atoms with van der Waals surface area (Å²) in [4.78, 5) is 32.8. The van der Waals surface area contributed by atoms with E-state index in [-0.39, 0.29) is 25.4 Å². The number of fused-ring (bicyclic) bond motifs is 1. The molecule has 1 amide bonds. The first-order valence-corrected chi connectivity index (χ1v) is 10.7. The molecule has 10 nitrogen and oxygen atoms in total. The molecule has 0 spiro atoms. The highest BCUT2D eigenvalue weighted by Crippen LogP contribution is 2.25. The Hall–Kier alpha value is -4.08. The van der Waals surface area contributed by atoms with Gasteiger partial charge < -0.3 is 10.1 Å². The van der Waals surface area contributed by atoms with E-state index in [1.807, 2.05) is 26.0 Å². The number of amides is 1. The van der Waals surface area contributed by atoms with Crippen molar-refractivity contribution in [1.82, 2.24) is 29.5 Å². The second-order valence-electron chi connectivity index (χ2n) is 7.70. The van der Waals surface area contributed by atoms with Gasteiger partial charge in [-0.15, -0.1) is 0 Å². The zero-order valence-electron chi connectivity index (χ0n) is 19.0. The highest BCUT2D eigenvalue weighted by molar-refractivity contribution is 5.93. The molecule has 3 aromatic heterocycles. The van der Waals surface area contributed by atoms with E-state index >= 15 is 0 Å². The topological polar surface area (TPSA) is 117 Å². The molecule has 4 rings (SSSR count). The van der Waals surface area contributed by atoms with Crippen LogP contribution in [-0.4, -0.2) is 48.0 Å². The second kappa shape index (κ2) is 9.19. The van der Waals surface area contributed by atoms with Gasteiger partial charge in [-0.25, -0.2) is 14.6 Å². The van der Waals surface area contributed by atoms with Gasteiger partial charge in [-0.1, -0.05) is 6.07 Å². The van der Waals surface area contributed by atoms with E-state index < -0.39 is 5.97 Å². The average molecular weight is 447 g/mol. The predicted molar refractivity (Wildman–Crippen MR) is 122 cm³/mol. The molecule has 0 saturated heterocycles. The summed E-state index contributed by atoms with van der Waals surface area (Å²) in [5.74, 6) is 0.207. The minimum atomic E-state index is -0.409. The number of esters is 1. The van der Waals surface area contributed by atoms with Crippen LogP contribution in [0.3, 0.4) is 0 Å². The smallest absolute Gasteiger partial charge is 0.306 e. The number of ether oxygens (including phenoxy) is 1. The summed E-state index contributed by atoms with van der Waals surface area (Å²) in [6, 6.07) is 7.83. The lowest BCUT2D eigenvalue weighted by Gasteiger charge is -2.09. The van der Waals surface area contributed by atoms with Crippen molar-refractivity contribution < 1.29 is 14.3 Å². The Morgan fingerprint density at radius 3 is 2.61 bits per heavy atom. The van der Waals surface area contributed by atoms with Crippen molar-refractivity contribution in [3.05, 3.63) is 53.6 Å². The van der Waals surface area contributed by atoms with Gasteiger partial charge in [-0.3, -0.25) is 9.59 Å². The Bertz CT molecular complexity index is 1340. The molecule has 0 atom stereocenters. The van der Waals surface area contributed by atoms with Crippen LogP contribution in [0, 0.1) is 20.8 Å². The van der Waals surface area contributed by atoms with Gasteiger partial charge in [0.2, 0.25) is 5.91 Å². The van der Waals surface area contributed by atoms with E-state index in [0.29, 0.717) is 28.4 Å². The van der Waals surface area contributed by atoms with Crippen molar-refractivity contribution in [2.75, 3.05) is 11.9 Å². The Balaban J connectivity index is 1.66. The van der Waals surface area contributed by atoms with Gasteiger partial charge in [-0.05, 0) is 51.0 Å². The van der Waals surface area contributed by atoms with E-state index in [9.17, 15) is 9.59 Å². The number of carbonyl (C=O) groups excluding carboxylic acids is 2. The predicted octanol–water partition coefficient (Wildman–Crippen LogP) is 3.21. The molecule has 0 saturated carbocycles. The molecule has 0 unspecified atom stereocenters. The summed E-state index contributed by atoms with van der Waals surface area (Å²) in [5.41, 5.74) is 4.56. The van der Waals surface area contributed by atoms with Crippen LogP contribution >= 0.6 is 0 Å². The van der Waals surface area contributed by atoms with E-state index in [1.54, 1.807) is 28.6 Å². The summed E-state index contributed by atoms with van der Waals surface area (Å²) in [5, 5.41) is 12.5. The van der Waals surface area contributed by atoms with E-state index in [4.69, 9.17) is 4.74 Å². The van der Waals surface area contributed by atoms with Gasteiger partial charge in [0, 0.05) is 12.5 Å². The molecule has 1 aromatic carbocycles. The molecule has 10 heteroatoms. The lowest BCUT2D eigenvalue weighted by Crippen LogP contribution is -2.17. The normalized spacial score (nSPS) is 11.0. The molecule has 0 bridgehead atoms. The van der Waals surface area contributed by atoms with Crippen LogP contribution < -0.4 is 5.32 Å². The molecule has 33 heavy (non-hydrogen) atoms. The minimum Gasteiger partial charge on any atom is -0.466 e. The maximum atomic E-state index is 12.4. The Morgan fingerprint density at radius 1 is 1.03 bits per heavy atom. The van der Waals surface area contributed by atoms with Crippen molar-refractivity contribution in [2.24, 2.45) is 0 Å². The lowest BCUT2D eigenvalue weighted by atomic mass is 10.1. The number of hydrogen-bond donors (Lipinski definition) is 1. The van der Waals surface area contributed by atoms with Crippen LogP contribution in [0.4, 0.5) is 5.82 Å². The van der Waals surface area contributed by atoms with Crippen LogP contribution in [-0.2, 0) is 14.3 Å². The zero-order chi connectivity index (χ0) is 23.5. The van der Waals surface area contributed by atoms with Gasteiger partial charge in [0.05, 0.1) is 36.0 Å². The first kappa shape index (κ1) is 22.1.